The average molecular weight is 493 g/mol. The third-order valence-corrected chi connectivity index (χ3v) is 5.64. The minimum Gasteiger partial charge on any atom is -0.595 e. The number of carbonyl (C=O) groups excluding carboxylic acids is 1. The predicted molar refractivity (Wildman–Crippen MR) is 104 cm³/mol. The standard InChI is InChI=1S/C19H27NO14/c21-5-10-13(24)16(27)19(7-22,33-10)34-18-15(26)14(25)12(23)11(32-18)6-31-17(28)8-1-3-9(4-2-8)20(29)30/h1-4,10-16,18,20-27,29H,5-7H2/t10-,11+,12+,13+,14-,15-,16+,18-,19+/m0/s1. The highest BCUT2D eigenvalue weighted by atomic mass is 16.8. The second kappa shape index (κ2) is 10.8. The fraction of sp³-hybridized carbons (Fsp3) is 0.632. The van der Waals surface area contributed by atoms with E-state index < -0.39 is 85.8 Å². The molecule has 2 aliphatic heterocycles. The molecule has 15 heteroatoms. The highest BCUT2D eigenvalue weighted by Crippen LogP contribution is 2.36. The first-order valence-corrected chi connectivity index (χ1v) is 10.2. The van der Waals surface area contributed by atoms with Gasteiger partial charge in [0.1, 0.15) is 55.9 Å². The van der Waals surface area contributed by atoms with Crippen LogP contribution in [0.5, 0.6) is 0 Å². The Bertz CT molecular complexity index is 824. The summed E-state index contributed by atoms with van der Waals surface area (Å²) in [4.78, 5) is 12.2. The number of ether oxygens (including phenoxy) is 4. The zero-order valence-corrected chi connectivity index (χ0v) is 17.6. The second-order valence-corrected chi connectivity index (χ2v) is 7.86. The Kier molecular flexibility index (Phi) is 8.53. The number of aliphatic hydroxyl groups excluding tert-OH is 7. The number of carbonyl (C=O) groups is 1. The van der Waals surface area contributed by atoms with E-state index in [-0.39, 0.29) is 11.3 Å². The number of hydrogen-bond donors (Lipinski definition) is 9. The van der Waals surface area contributed by atoms with Crippen LogP contribution in [0.25, 0.3) is 0 Å². The Morgan fingerprint density at radius 2 is 1.65 bits per heavy atom. The van der Waals surface area contributed by atoms with Crippen LogP contribution in [0.3, 0.4) is 0 Å². The van der Waals surface area contributed by atoms with Gasteiger partial charge in [-0.05, 0) is 12.1 Å². The average Bonchev–Trinajstić information content (AvgIpc) is 3.08. The van der Waals surface area contributed by atoms with Crippen molar-refractivity contribution >= 4 is 11.7 Å². The molecule has 0 aliphatic carbocycles. The Hall–Kier alpha value is -1.83. The smallest absolute Gasteiger partial charge is 0.338 e. The van der Waals surface area contributed by atoms with Gasteiger partial charge in [-0.3, -0.25) is 0 Å². The van der Waals surface area contributed by atoms with Crippen molar-refractivity contribution in [3.8, 4) is 0 Å². The van der Waals surface area contributed by atoms with Gasteiger partial charge in [-0.15, -0.1) is 0 Å². The van der Waals surface area contributed by atoms with Gasteiger partial charge in [0.2, 0.25) is 5.79 Å². The molecule has 0 aromatic heterocycles. The van der Waals surface area contributed by atoms with Crippen molar-refractivity contribution in [1.82, 2.24) is 0 Å². The molecule has 0 spiro atoms. The Morgan fingerprint density at radius 1 is 1.00 bits per heavy atom. The highest BCUT2D eigenvalue weighted by molar-refractivity contribution is 5.89. The van der Waals surface area contributed by atoms with E-state index in [4.69, 9.17) is 24.2 Å². The van der Waals surface area contributed by atoms with Gasteiger partial charge >= 0.3 is 5.97 Å². The van der Waals surface area contributed by atoms with E-state index in [1.54, 1.807) is 0 Å². The van der Waals surface area contributed by atoms with Gasteiger partial charge in [-0.2, -0.15) is 5.23 Å². The molecule has 2 aliphatic rings. The first kappa shape index (κ1) is 26.8. The van der Waals surface area contributed by atoms with E-state index in [1.807, 2.05) is 0 Å². The van der Waals surface area contributed by atoms with Crippen LogP contribution < -0.4 is 5.23 Å². The molecular weight excluding hydrogens is 466 g/mol. The van der Waals surface area contributed by atoms with Gasteiger partial charge in [0.25, 0.3) is 0 Å². The van der Waals surface area contributed by atoms with Gasteiger partial charge in [-0.1, -0.05) is 0 Å². The maximum absolute atomic E-state index is 12.2. The molecule has 1 aromatic carbocycles. The molecule has 192 valence electrons. The number of esters is 1. The molecule has 1 unspecified atom stereocenters. The lowest BCUT2D eigenvalue weighted by atomic mass is 9.99. The molecule has 3 rings (SSSR count). The van der Waals surface area contributed by atoms with Crippen molar-refractivity contribution in [1.29, 1.82) is 0 Å². The quantitative estimate of drug-likeness (QED) is 0.121. The van der Waals surface area contributed by atoms with E-state index in [1.165, 1.54) is 24.3 Å². The Balaban J connectivity index is 1.68. The summed E-state index contributed by atoms with van der Waals surface area (Å²) in [5.74, 6) is -3.24. The van der Waals surface area contributed by atoms with Crippen LogP contribution in [0.4, 0.5) is 5.69 Å². The molecule has 1 aromatic rings. The minimum atomic E-state index is -2.34. The largest absolute Gasteiger partial charge is 0.595 e. The fourth-order valence-corrected chi connectivity index (χ4v) is 3.61. The lowest BCUT2D eigenvalue weighted by Crippen LogP contribution is -2.99. The number of hydrogen-bond acceptors (Lipinski definition) is 14. The summed E-state index contributed by atoms with van der Waals surface area (Å²) >= 11 is 0. The minimum absolute atomic E-state index is 0.00516. The molecule has 0 amide bonds. The Morgan fingerprint density at radius 3 is 2.18 bits per heavy atom. The van der Waals surface area contributed by atoms with Crippen LogP contribution in [-0.2, 0) is 18.9 Å². The van der Waals surface area contributed by atoms with Gasteiger partial charge in [-0.25, -0.2) is 10.0 Å². The van der Waals surface area contributed by atoms with Gasteiger partial charge in [0, 0.05) is 12.1 Å². The molecule has 9 N–H and O–H groups in total. The summed E-state index contributed by atoms with van der Waals surface area (Å²) in [6.07, 6.45) is -13.7. The predicted octanol–water partition coefficient (Wildman–Crippen LogP) is -5.13. The summed E-state index contributed by atoms with van der Waals surface area (Å²) in [6.45, 7) is -2.41. The fourth-order valence-electron chi connectivity index (χ4n) is 3.61. The van der Waals surface area contributed by atoms with Crippen LogP contribution in [-0.4, -0.2) is 122 Å². The summed E-state index contributed by atoms with van der Waals surface area (Å²) in [7, 11) is 0. The van der Waals surface area contributed by atoms with Crippen molar-refractivity contribution in [2.24, 2.45) is 0 Å². The summed E-state index contributed by atoms with van der Waals surface area (Å²) in [5, 5.41) is 88.4. The number of benzene rings is 1. The van der Waals surface area contributed by atoms with E-state index in [0.29, 0.717) is 0 Å². The molecule has 34 heavy (non-hydrogen) atoms. The number of aliphatic hydroxyl groups is 7. The van der Waals surface area contributed by atoms with E-state index >= 15 is 0 Å². The molecule has 2 saturated heterocycles. The second-order valence-electron chi connectivity index (χ2n) is 7.86. The monoisotopic (exact) mass is 493 g/mol. The van der Waals surface area contributed by atoms with Crippen molar-refractivity contribution in [3.63, 3.8) is 0 Å². The lowest BCUT2D eigenvalue weighted by Gasteiger charge is -2.43. The number of nitrogens with one attached hydrogen (secondary N) is 1. The van der Waals surface area contributed by atoms with Crippen LogP contribution in [0, 0.1) is 5.21 Å². The normalized spacial score (nSPS) is 39.1. The van der Waals surface area contributed by atoms with Crippen LogP contribution in [0.15, 0.2) is 24.3 Å². The van der Waals surface area contributed by atoms with Crippen molar-refractivity contribution < 1.29 is 69.9 Å². The van der Waals surface area contributed by atoms with Crippen LogP contribution in [0.1, 0.15) is 10.4 Å². The molecule has 2 heterocycles. The van der Waals surface area contributed by atoms with E-state index in [9.17, 15) is 45.7 Å². The summed E-state index contributed by atoms with van der Waals surface area (Å²) in [6, 6.07) is 4.79. The maximum atomic E-state index is 12.2. The molecule has 0 bridgehead atoms. The van der Waals surface area contributed by atoms with E-state index in [2.05, 4.69) is 0 Å². The highest BCUT2D eigenvalue weighted by Gasteiger charge is 2.58. The SMILES string of the molecule is O=C(OC[C@H]1O[C@@H](O[C@@]2(CO)O[C@@H](CO)[C@@H](O)[C@H]2O)[C@@H](O)[C@@H](O)[C@@H]1O)c1ccc([NH+]([O-])O)cc1. The van der Waals surface area contributed by atoms with Crippen molar-refractivity contribution in [3.05, 3.63) is 35.0 Å². The first-order valence-electron chi connectivity index (χ1n) is 10.2. The van der Waals surface area contributed by atoms with Crippen molar-refractivity contribution in [2.75, 3.05) is 19.8 Å². The van der Waals surface area contributed by atoms with Crippen LogP contribution in [0.2, 0.25) is 0 Å². The van der Waals surface area contributed by atoms with Gasteiger partial charge in [0.15, 0.2) is 12.0 Å². The van der Waals surface area contributed by atoms with Gasteiger partial charge in [0.05, 0.1) is 12.2 Å². The topological polar surface area (TPSA) is 243 Å². The molecule has 10 atom stereocenters. The molecule has 0 saturated carbocycles. The summed E-state index contributed by atoms with van der Waals surface area (Å²) in [5.41, 5.74) is -0.0585. The van der Waals surface area contributed by atoms with Crippen LogP contribution >= 0.6 is 0 Å². The summed E-state index contributed by atoms with van der Waals surface area (Å²) < 4.78 is 21.0. The molecule has 0 radical (unpaired) electrons. The zero-order valence-electron chi connectivity index (χ0n) is 17.6. The Labute approximate surface area is 192 Å². The first-order chi connectivity index (χ1) is 16.0. The number of quaternary nitrogens is 1. The van der Waals surface area contributed by atoms with Gasteiger partial charge < -0.3 is 59.9 Å². The number of rotatable bonds is 8. The molecule has 15 nitrogen and oxygen atoms in total. The molecule has 2 fully saturated rings. The lowest BCUT2D eigenvalue weighted by molar-refractivity contribution is -0.991. The third kappa shape index (κ3) is 5.21. The molecular formula is C19H27NO14. The zero-order chi connectivity index (χ0) is 25.2. The third-order valence-electron chi connectivity index (χ3n) is 5.64. The van der Waals surface area contributed by atoms with E-state index in [0.717, 1.165) is 0 Å². The van der Waals surface area contributed by atoms with Crippen molar-refractivity contribution in [2.45, 2.75) is 54.8 Å². The maximum Gasteiger partial charge on any atom is 0.338 e.